The van der Waals surface area contributed by atoms with Crippen LogP contribution in [0.5, 0.6) is 0 Å². The zero-order valence-electron chi connectivity index (χ0n) is 58.0. The number of hydrogen-bond acceptors (Lipinski definition) is 15. The molecule has 4 unspecified atom stereocenters. The van der Waals surface area contributed by atoms with E-state index in [1.165, 1.54) is 51.4 Å². The Labute approximate surface area is 558 Å². The first-order valence-electron chi connectivity index (χ1n) is 36.2. The fourth-order valence-electron chi connectivity index (χ4n) is 9.52. The van der Waals surface area contributed by atoms with Crippen molar-refractivity contribution in [2.24, 2.45) is 0 Å². The van der Waals surface area contributed by atoms with Gasteiger partial charge in [-0.3, -0.25) is 37.3 Å². The number of unbranched alkanes of at least 4 members (excludes halogenated alkanes) is 30. The second-order valence-corrected chi connectivity index (χ2v) is 27.1. The largest absolute Gasteiger partial charge is 0.472 e. The molecule has 3 N–H and O–H groups in total. The number of aliphatic hydroxyl groups excluding tert-OH is 1. The molecule has 0 saturated carbocycles. The van der Waals surface area contributed by atoms with E-state index in [0.29, 0.717) is 25.7 Å². The Morgan fingerprint density at radius 1 is 0.304 bits per heavy atom. The lowest BCUT2D eigenvalue weighted by molar-refractivity contribution is -0.161. The highest BCUT2D eigenvalue weighted by molar-refractivity contribution is 7.47. The van der Waals surface area contributed by atoms with Gasteiger partial charge in [-0.2, -0.15) is 0 Å². The van der Waals surface area contributed by atoms with Gasteiger partial charge in [-0.25, -0.2) is 9.13 Å². The molecule has 0 bridgehead atoms. The smallest absolute Gasteiger partial charge is 0.462 e. The normalized spacial score (nSPS) is 14.5. The highest BCUT2D eigenvalue weighted by Crippen LogP contribution is 2.45. The standard InChI is InChI=1S/C73H130O17P2/c1-5-9-13-17-21-25-29-33-37-41-45-49-53-57-70(75)83-63-68(89-72(77)59-55-51-47-43-39-35-31-27-23-19-15-11-7-3)65-87-91(79,80)85-61-67(74)62-86-92(81,82)88-66-69(90-73(78)60-56-52-48-44-40-36-32-28-24-20-16-12-8-4)64-84-71(76)58-54-50-46-42-38-34-30-26-22-18-14-10-6-2/h13-14,17-18,25-32,67-69,74H,5-12,15-16,19-24,33-66H2,1-4H3,(H,79,80)(H,81,82)/b17-13-,18-14-,29-25-,30-26-,31-27-,32-28-. The number of rotatable bonds is 68. The summed E-state index contributed by atoms with van der Waals surface area (Å²) in [5.41, 5.74) is 0. The van der Waals surface area contributed by atoms with E-state index in [-0.39, 0.29) is 25.7 Å². The van der Waals surface area contributed by atoms with Crippen LogP contribution in [0, 0.1) is 0 Å². The van der Waals surface area contributed by atoms with Crippen LogP contribution >= 0.6 is 15.6 Å². The van der Waals surface area contributed by atoms with Crippen LogP contribution in [0.3, 0.4) is 0 Å². The van der Waals surface area contributed by atoms with Gasteiger partial charge in [0.05, 0.1) is 26.4 Å². The number of carbonyl (C=O) groups excluding carboxylic acids is 4. The van der Waals surface area contributed by atoms with E-state index in [1.807, 2.05) is 0 Å². The molecule has 0 aromatic heterocycles. The number of phosphoric acid groups is 2. The minimum Gasteiger partial charge on any atom is -0.462 e. The minimum atomic E-state index is -4.97. The second-order valence-electron chi connectivity index (χ2n) is 24.2. The number of carbonyl (C=O) groups is 4. The summed E-state index contributed by atoms with van der Waals surface area (Å²) in [5.74, 6) is -2.21. The Morgan fingerprint density at radius 3 is 0.859 bits per heavy atom. The monoisotopic (exact) mass is 1340 g/mol. The highest BCUT2D eigenvalue weighted by atomic mass is 31.2. The van der Waals surface area contributed by atoms with Crippen LogP contribution in [0.25, 0.3) is 0 Å². The van der Waals surface area contributed by atoms with Gasteiger partial charge in [-0.1, -0.05) is 229 Å². The van der Waals surface area contributed by atoms with E-state index in [0.717, 1.165) is 180 Å². The highest BCUT2D eigenvalue weighted by Gasteiger charge is 2.30. The van der Waals surface area contributed by atoms with Gasteiger partial charge < -0.3 is 33.8 Å². The summed E-state index contributed by atoms with van der Waals surface area (Å²) in [6.07, 6.45) is 63.3. The van der Waals surface area contributed by atoms with Gasteiger partial charge in [0.15, 0.2) is 12.2 Å². The third-order valence-electron chi connectivity index (χ3n) is 15.1. The predicted octanol–water partition coefficient (Wildman–Crippen LogP) is 20.1. The van der Waals surface area contributed by atoms with Crippen molar-refractivity contribution in [3.8, 4) is 0 Å². The molecule has 0 aliphatic carbocycles. The molecule has 0 spiro atoms. The van der Waals surface area contributed by atoms with Crippen molar-refractivity contribution in [3.63, 3.8) is 0 Å². The van der Waals surface area contributed by atoms with Gasteiger partial charge in [0.2, 0.25) is 0 Å². The first-order chi connectivity index (χ1) is 44.7. The molecule has 92 heavy (non-hydrogen) atoms. The summed E-state index contributed by atoms with van der Waals surface area (Å²) < 4.78 is 68.2. The zero-order valence-corrected chi connectivity index (χ0v) is 59.8. The maximum Gasteiger partial charge on any atom is 0.472 e. The van der Waals surface area contributed by atoms with Crippen LogP contribution in [0.4, 0.5) is 0 Å². The number of hydrogen-bond donors (Lipinski definition) is 3. The Balaban J connectivity index is 5.34. The van der Waals surface area contributed by atoms with Crippen molar-refractivity contribution in [2.75, 3.05) is 39.6 Å². The van der Waals surface area contributed by atoms with Crippen LogP contribution < -0.4 is 0 Å². The summed E-state index contributed by atoms with van der Waals surface area (Å²) in [7, 11) is -9.94. The summed E-state index contributed by atoms with van der Waals surface area (Å²) in [6.45, 7) is 4.67. The fourth-order valence-corrected chi connectivity index (χ4v) is 11.1. The average Bonchev–Trinajstić information content (AvgIpc) is 3.63. The lowest BCUT2D eigenvalue weighted by Crippen LogP contribution is -2.30. The molecule has 0 aromatic carbocycles. The lowest BCUT2D eigenvalue weighted by atomic mass is 10.1. The topological polar surface area (TPSA) is 237 Å². The van der Waals surface area contributed by atoms with Gasteiger partial charge in [0.25, 0.3) is 0 Å². The zero-order chi connectivity index (χ0) is 67.5. The maximum atomic E-state index is 13.0. The molecule has 0 saturated heterocycles. The molecule has 17 nitrogen and oxygen atoms in total. The molecular formula is C73H130O17P2. The molecule has 0 amide bonds. The first kappa shape index (κ1) is 88.5. The Kier molecular flexibility index (Phi) is 63.6. The second kappa shape index (κ2) is 66.1. The molecular weight excluding hydrogens is 1210 g/mol. The van der Waals surface area contributed by atoms with E-state index >= 15 is 0 Å². The first-order valence-corrected chi connectivity index (χ1v) is 39.2. The molecule has 0 radical (unpaired) electrons. The van der Waals surface area contributed by atoms with Crippen LogP contribution in [0.2, 0.25) is 0 Å². The number of phosphoric ester groups is 2. The van der Waals surface area contributed by atoms with E-state index in [9.17, 15) is 43.2 Å². The van der Waals surface area contributed by atoms with Crippen molar-refractivity contribution in [1.82, 2.24) is 0 Å². The number of aliphatic hydroxyl groups is 1. The van der Waals surface area contributed by atoms with Crippen molar-refractivity contribution in [3.05, 3.63) is 72.9 Å². The average molecular weight is 1340 g/mol. The molecule has 0 aliphatic rings. The van der Waals surface area contributed by atoms with Crippen LogP contribution in [-0.2, 0) is 65.4 Å². The van der Waals surface area contributed by atoms with Gasteiger partial charge in [0.1, 0.15) is 19.3 Å². The quantitative estimate of drug-likeness (QED) is 0.0169. The maximum absolute atomic E-state index is 13.0. The summed E-state index contributed by atoms with van der Waals surface area (Å²) in [4.78, 5) is 72.6. The SMILES string of the molecule is CCC/C=C\C/C=C\CCCCCCCC(=O)OCC(COP(=O)(O)OCC(O)COP(=O)(O)OCC(COC(=O)CCCCCCC/C=C\C/C=C\CCC)OC(=O)CCCCCCC/C=C\CCCCCC)OC(=O)CCCCCCC/C=C\CCCCCC. The Morgan fingerprint density at radius 2 is 0.554 bits per heavy atom. The molecule has 0 aromatic rings. The minimum absolute atomic E-state index is 0.0836. The van der Waals surface area contributed by atoms with Crippen molar-refractivity contribution in [1.29, 1.82) is 0 Å². The van der Waals surface area contributed by atoms with Gasteiger partial charge >= 0.3 is 39.5 Å². The van der Waals surface area contributed by atoms with Crippen molar-refractivity contribution < 1.29 is 80.2 Å². The van der Waals surface area contributed by atoms with E-state index < -0.39 is 97.5 Å². The number of allylic oxidation sites excluding steroid dienone is 12. The van der Waals surface area contributed by atoms with Gasteiger partial charge in [0, 0.05) is 25.7 Å². The van der Waals surface area contributed by atoms with Gasteiger partial charge in [-0.15, -0.1) is 0 Å². The number of esters is 4. The molecule has 0 rings (SSSR count). The van der Waals surface area contributed by atoms with Crippen molar-refractivity contribution in [2.45, 2.75) is 329 Å². The molecule has 4 atom stereocenters. The Bertz CT molecular complexity index is 1900. The summed E-state index contributed by atoms with van der Waals surface area (Å²) in [5, 5.41) is 10.6. The number of ether oxygens (including phenoxy) is 4. The Hall–Kier alpha value is -3.50. The summed E-state index contributed by atoms with van der Waals surface area (Å²) in [6, 6.07) is 0. The fraction of sp³-hybridized carbons (Fsp3) is 0.781. The van der Waals surface area contributed by atoms with E-state index in [2.05, 4.69) is 101 Å². The molecule has 0 aliphatic heterocycles. The van der Waals surface area contributed by atoms with Crippen molar-refractivity contribution >= 4 is 39.5 Å². The van der Waals surface area contributed by atoms with Crippen LogP contribution in [0.1, 0.15) is 310 Å². The molecule has 534 valence electrons. The molecule has 0 heterocycles. The van der Waals surface area contributed by atoms with Gasteiger partial charge in [-0.05, 0) is 128 Å². The van der Waals surface area contributed by atoms with E-state index in [4.69, 9.17) is 37.0 Å². The third kappa shape index (κ3) is 65.2. The molecule has 0 fully saturated rings. The third-order valence-corrected chi connectivity index (χ3v) is 17.0. The van der Waals surface area contributed by atoms with E-state index in [1.54, 1.807) is 0 Å². The lowest BCUT2D eigenvalue weighted by Gasteiger charge is -2.21. The summed E-state index contributed by atoms with van der Waals surface area (Å²) >= 11 is 0. The van der Waals surface area contributed by atoms with Crippen LogP contribution in [-0.4, -0.2) is 96.7 Å². The molecule has 19 heteroatoms. The van der Waals surface area contributed by atoms with Crippen LogP contribution in [0.15, 0.2) is 72.9 Å². The predicted molar refractivity (Wildman–Crippen MR) is 372 cm³/mol.